The van der Waals surface area contributed by atoms with Crippen molar-refractivity contribution in [3.05, 3.63) is 69.5 Å². The lowest BCUT2D eigenvalue weighted by Gasteiger charge is -2.27. The fraction of sp³-hybridized carbons (Fsp3) is 0.200. The molecular formula is C15H13FN2O3. The molecular weight excluding hydrogens is 275 g/mol. The van der Waals surface area contributed by atoms with E-state index < -0.39 is 10.7 Å². The highest BCUT2D eigenvalue weighted by atomic mass is 19.1. The molecule has 0 saturated carbocycles. The van der Waals surface area contributed by atoms with Crippen molar-refractivity contribution in [2.45, 2.75) is 12.6 Å². The zero-order chi connectivity index (χ0) is 14.8. The second-order valence-electron chi connectivity index (χ2n) is 4.83. The molecule has 1 N–H and O–H groups in total. The number of fused-ring (bicyclic) bond motifs is 1. The molecule has 0 bridgehead atoms. The molecule has 1 atom stereocenters. The molecule has 0 saturated heterocycles. The topological polar surface area (TPSA) is 64.4 Å². The summed E-state index contributed by atoms with van der Waals surface area (Å²) in [5.41, 5.74) is 2.08. The zero-order valence-electron chi connectivity index (χ0n) is 11.1. The number of ether oxygens (including phenoxy) is 1. The van der Waals surface area contributed by atoms with Gasteiger partial charge in [-0.2, -0.15) is 0 Å². The number of non-ortho nitro benzene ring substituents is 1. The van der Waals surface area contributed by atoms with Gasteiger partial charge in [0.15, 0.2) is 5.82 Å². The summed E-state index contributed by atoms with van der Waals surface area (Å²) in [4.78, 5) is 10.00. The molecule has 5 nitrogen and oxygen atoms in total. The van der Waals surface area contributed by atoms with Crippen LogP contribution in [0.1, 0.15) is 17.2 Å². The molecule has 1 heterocycles. The molecule has 108 valence electrons. The lowest BCUT2D eigenvalue weighted by molar-refractivity contribution is -0.385. The van der Waals surface area contributed by atoms with Crippen molar-refractivity contribution in [3.63, 3.8) is 0 Å². The first-order valence-corrected chi connectivity index (χ1v) is 6.51. The van der Waals surface area contributed by atoms with Crippen LogP contribution < -0.4 is 5.32 Å². The largest absolute Gasteiger partial charge is 0.374 e. The van der Waals surface area contributed by atoms with Crippen molar-refractivity contribution >= 4 is 11.4 Å². The van der Waals surface area contributed by atoms with E-state index in [4.69, 9.17) is 4.74 Å². The van der Waals surface area contributed by atoms with Gasteiger partial charge < -0.3 is 10.1 Å². The summed E-state index contributed by atoms with van der Waals surface area (Å²) in [6, 6.07) is 11.2. The van der Waals surface area contributed by atoms with Crippen LogP contribution in [0, 0.1) is 15.9 Å². The second kappa shape index (κ2) is 5.49. The van der Waals surface area contributed by atoms with Crippen molar-refractivity contribution in [1.82, 2.24) is 0 Å². The van der Waals surface area contributed by atoms with E-state index in [0.717, 1.165) is 17.2 Å². The van der Waals surface area contributed by atoms with E-state index in [9.17, 15) is 14.5 Å². The van der Waals surface area contributed by atoms with Crippen LogP contribution in [0.15, 0.2) is 42.5 Å². The van der Waals surface area contributed by atoms with Crippen LogP contribution in [0.2, 0.25) is 0 Å². The van der Waals surface area contributed by atoms with E-state index in [2.05, 4.69) is 5.32 Å². The third kappa shape index (κ3) is 2.71. The number of benzene rings is 2. The molecule has 3 rings (SSSR count). The smallest absolute Gasteiger partial charge is 0.272 e. The first-order valence-electron chi connectivity index (χ1n) is 6.51. The summed E-state index contributed by atoms with van der Waals surface area (Å²) in [5, 5.41) is 13.7. The standard InChI is InChI=1S/C15H13FN2O3/c16-13-7-11(18(19)20)5-6-14(13)17-15-9-21-8-10-3-1-2-4-12(10)15/h1-7,15,17H,8-9H2. The lowest BCUT2D eigenvalue weighted by Crippen LogP contribution is -2.23. The molecule has 21 heavy (non-hydrogen) atoms. The van der Waals surface area contributed by atoms with E-state index in [0.29, 0.717) is 13.2 Å². The van der Waals surface area contributed by atoms with Crippen molar-refractivity contribution in [3.8, 4) is 0 Å². The number of halogens is 1. The maximum absolute atomic E-state index is 13.9. The highest BCUT2D eigenvalue weighted by Gasteiger charge is 2.21. The number of nitro groups is 1. The molecule has 0 radical (unpaired) electrons. The monoisotopic (exact) mass is 288 g/mol. The first kappa shape index (κ1) is 13.5. The molecule has 0 spiro atoms. The van der Waals surface area contributed by atoms with Gasteiger partial charge in [-0.05, 0) is 17.2 Å². The molecule has 0 fully saturated rings. The number of nitro benzene ring substituents is 1. The van der Waals surface area contributed by atoms with E-state index in [1.165, 1.54) is 12.1 Å². The van der Waals surface area contributed by atoms with Crippen LogP contribution in [-0.4, -0.2) is 11.5 Å². The van der Waals surface area contributed by atoms with Crippen molar-refractivity contribution in [1.29, 1.82) is 0 Å². The van der Waals surface area contributed by atoms with Crippen molar-refractivity contribution < 1.29 is 14.1 Å². The van der Waals surface area contributed by atoms with Gasteiger partial charge in [0, 0.05) is 6.07 Å². The van der Waals surface area contributed by atoms with Gasteiger partial charge in [0.1, 0.15) is 0 Å². The molecule has 0 aliphatic carbocycles. The van der Waals surface area contributed by atoms with E-state index in [-0.39, 0.29) is 17.4 Å². The fourth-order valence-electron chi connectivity index (χ4n) is 2.42. The predicted octanol–water partition coefficient (Wildman–Crippen LogP) is 3.42. The Morgan fingerprint density at radius 3 is 2.86 bits per heavy atom. The molecule has 1 aliphatic rings. The average molecular weight is 288 g/mol. The molecule has 1 aliphatic heterocycles. The fourth-order valence-corrected chi connectivity index (χ4v) is 2.42. The minimum absolute atomic E-state index is 0.175. The van der Waals surface area contributed by atoms with Gasteiger partial charge in [0.25, 0.3) is 5.69 Å². The Morgan fingerprint density at radius 2 is 2.10 bits per heavy atom. The number of nitrogens with zero attached hydrogens (tertiary/aromatic N) is 1. The minimum atomic E-state index is -0.646. The van der Waals surface area contributed by atoms with Crippen molar-refractivity contribution in [2.24, 2.45) is 0 Å². The third-order valence-corrected chi connectivity index (χ3v) is 3.47. The quantitative estimate of drug-likeness (QED) is 0.694. The molecule has 0 aromatic heterocycles. The third-order valence-electron chi connectivity index (χ3n) is 3.47. The molecule has 6 heteroatoms. The summed E-state index contributed by atoms with van der Waals surface area (Å²) in [7, 11) is 0. The van der Waals surface area contributed by atoms with Crippen LogP contribution in [0.5, 0.6) is 0 Å². The second-order valence-corrected chi connectivity index (χ2v) is 4.83. The Bertz CT molecular complexity index is 690. The Morgan fingerprint density at radius 1 is 1.29 bits per heavy atom. The van der Waals surface area contributed by atoms with Crippen molar-refractivity contribution in [2.75, 3.05) is 11.9 Å². The Hall–Kier alpha value is -2.47. The average Bonchev–Trinajstić information content (AvgIpc) is 2.49. The summed E-state index contributed by atoms with van der Waals surface area (Å²) in [6.07, 6.45) is 0. The summed E-state index contributed by atoms with van der Waals surface area (Å²) < 4.78 is 19.4. The SMILES string of the molecule is O=[N+]([O-])c1ccc(NC2COCc3ccccc32)c(F)c1. The molecule has 1 unspecified atom stereocenters. The number of hydrogen-bond donors (Lipinski definition) is 1. The van der Waals surface area contributed by atoms with Gasteiger partial charge in [0.2, 0.25) is 0 Å². The van der Waals surface area contributed by atoms with Crippen LogP contribution in [0.4, 0.5) is 15.8 Å². The van der Waals surface area contributed by atoms with Gasteiger partial charge in [-0.25, -0.2) is 4.39 Å². The van der Waals surface area contributed by atoms with Crippen LogP contribution in [0.3, 0.4) is 0 Å². The van der Waals surface area contributed by atoms with Gasteiger partial charge >= 0.3 is 0 Å². The first-order chi connectivity index (χ1) is 10.1. The Kier molecular flexibility index (Phi) is 3.53. The van der Waals surface area contributed by atoms with Crippen LogP contribution in [-0.2, 0) is 11.3 Å². The van der Waals surface area contributed by atoms with Gasteiger partial charge in [0.05, 0.1) is 35.9 Å². The minimum Gasteiger partial charge on any atom is -0.374 e. The lowest BCUT2D eigenvalue weighted by atomic mass is 9.99. The van der Waals surface area contributed by atoms with E-state index >= 15 is 0 Å². The molecule has 2 aromatic rings. The maximum Gasteiger partial charge on any atom is 0.272 e. The summed E-state index contributed by atoms with van der Waals surface area (Å²) in [6.45, 7) is 0.963. The maximum atomic E-state index is 13.9. The number of nitrogens with one attached hydrogen (secondary N) is 1. The molecule has 0 amide bonds. The normalized spacial score (nSPS) is 17.1. The van der Waals surface area contributed by atoms with E-state index in [1.54, 1.807) is 0 Å². The number of hydrogen-bond acceptors (Lipinski definition) is 4. The van der Waals surface area contributed by atoms with Crippen LogP contribution in [0.25, 0.3) is 0 Å². The highest BCUT2D eigenvalue weighted by molar-refractivity contribution is 5.52. The van der Waals surface area contributed by atoms with Gasteiger partial charge in [-0.15, -0.1) is 0 Å². The highest BCUT2D eigenvalue weighted by Crippen LogP contribution is 2.29. The van der Waals surface area contributed by atoms with E-state index in [1.807, 2.05) is 24.3 Å². The Balaban J connectivity index is 1.86. The Labute approximate surface area is 120 Å². The van der Waals surface area contributed by atoms with Gasteiger partial charge in [-0.1, -0.05) is 24.3 Å². The number of rotatable bonds is 3. The summed E-state index contributed by atoms with van der Waals surface area (Å²) >= 11 is 0. The molecule has 2 aromatic carbocycles. The predicted molar refractivity (Wildman–Crippen MR) is 75.5 cm³/mol. The van der Waals surface area contributed by atoms with Gasteiger partial charge in [-0.3, -0.25) is 10.1 Å². The zero-order valence-corrected chi connectivity index (χ0v) is 11.1. The van der Waals surface area contributed by atoms with Crippen LogP contribution >= 0.6 is 0 Å². The summed E-state index contributed by atoms with van der Waals surface area (Å²) in [5.74, 6) is -0.646. The number of anilines is 1.